The Balaban J connectivity index is 1.50. The van der Waals surface area contributed by atoms with Crippen LogP contribution >= 0.6 is 0 Å². The standard InChI is InChI=1S/C28H48O/c1-19(2)8-7-9-20(3)23-12-13-24-22-11-10-21-18-26(4,29)16-17-27(21,5)25(22)14-15-28(23,24)6/h10,19-20,22-25,29H,7-9,11-18H2,1-6H3/t20-,22+,23+,24-,25+,26-,27+,28+/m1/s1. The molecule has 0 unspecified atom stereocenters. The maximum Gasteiger partial charge on any atom is 0.0657 e. The normalized spacial score (nSPS) is 47.9. The molecule has 0 heterocycles. The predicted octanol–water partition coefficient (Wildman–Crippen LogP) is 7.78. The van der Waals surface area contributed by atoms with E-state index in [1.807, 2.05) is 0 Å². The number of rotatable bonds is 5. The summed E-state index contributed by atoms with van der Waals surface area (Å²) in [4.78, 5) is 0. The predicted molar refractivity (Wildman–Crippen MR) is 124 cm³/mol. The Bertz CT molecular complexity index is 630. The molecule has 0 amide bonds. The van der Waals surface area contributed by atoms with Crippen molar-refractivity contribution in [2.24, 2.45) is 46.3 Å². The number of hydrogen-bond donors (Lipinski definition) is 1. The van der Waals surface area contributed by atoms with Crippen molar-refractivity contribution in [1.29, 1.82) is 0 Å². The van der Waals surface area contributed by atoms with Gasteiger partial charge in [-0.2, -0.15) is 0 Å². The van der Waals surface area contributed by atoms with Crippen LogP contribution in [0.15, 0.2) is 11.6 Å². The van der Waals surface area contributed by atoms with Gasteiger partial charge in [-0.05, 0) is 105 Å². The largest absolute Gasteiger partial charge is 0.390 e. The first kappa shape index (κ1) is 21.9. The maximum atomic E-state index is 10.7. The molecule has 0 aromatic carbocycles. The molecule has 0 aliphatic heterocycles. The molecule has 0 spiro atoms. The quantitative estimate of drug-likeness (QED) is 0.467. The van der Waals surface area contributed by atoms with Gasteiger partial charge in [-0.25, -0.2) is 0 Å². The fraction of sp³-hybridized carbons (Fsp3) is 0.929. The second-order valence-electron chi connectivity index (χ2n) is 13.0. The summed E-state index contributed by atoms with van der Waals surface area (Å²) in [6.45, 7) is 14.6. The van der Waals surface area contributed by atoms with Gasteiger partial charge in [-0.1, -0.05) is 65.5 Å². The second-order valence-corrected chi connectivity index (χ2v) is 13.0. The summed E-state index contributed by atoms with van der Waals surface area (Å²) in [5.41, 5.74) is 2.09. The zero-order valence-corrected chi connectivity index (χ0v) is 20.3. The SMILES string of the molecule is CC(C)CCC[C@@H](C)[C@@H]1CC[C@@H]2[C@@H]3CC=C4C[C@](C)(O)CC[C@]4(C)[C@H]3CC[C@]21C. The van der Waals surface area contributed by atoms with E-state index in [0.717, 1.165) is 48.3 Å². The first-order chi connectivity index (χ1) is 13.6. The van der Waals surface area contributed by atoms with Gasteiger partial charge in [0.25, 0.3) is 0 Å². The van der Waals surface area contributed by atoms with Gasteiger partial charge in [0.15, 0.2) is 0 Å². The molecule has 0 bridgehead atoms. The highest BCUT2D eigenvalue weighted by Crippen LogP contribution is 2.67. The summed E-state index contributed by atoms with van der Waals surface area (Å²) in [5, 5.41) is 10.7. The van der Waals surface area contributed by atoms with Crippen LogP contribution in [0.4, 0.5) is 0 Å². The lowest BCUT2D eigenvalue weighted by molar-refractivity contribution is -0.0705. The average molecular weight is 401 g/mol. The van der Waals surface area contributed by atoms with Crippen molar-refractivity contribution >= 4 is 0 Å². The minimum Gasteiger partial charge on any atom is -0.390 e. The first-order valence-corrected chi connectivity index (χ1v) is 13.0. The molecule has 0 aromatic heterocycles. The summed E-state index contributed by atoms with van der Waals surface area (Å²) in [6.07, 6.45) is 17.1. The Morgan fingerprint density at radius 2 is 1.72 bits per heavy atom. The van der Waals surface area contributed by atoms with Crippen LogP contribution in [0.1, 0.15) is 112 Å². The molecule has 0 radical (unpaired) electrons. The van der Waals surface area contributed by atoms with Crippen LogP contribution in [0.5, 0.6) is 0 Å². The van der Waals surface area contributed by atoms with Gasteiger partial charge < -0.3 is 5.11 Å². The third-order valence-corrected chi connectivity index (χ3v) is 10.6. The molecular weight excluding hydrogens is 352 g/mol. The van der Waals surface area contributed by atoms with Crippen LogP contribution < -0.4 is 0 Å². The molecule has 0 aromatic rings. The Morgan fingerprint density at radius 3 is 2.45 bits per heavy atom. The Morgan fingerprint density at radius 1 is 0.966 bits per heavy atom. The van der Waals surface area contributed by atoms with E-state index in [-0.39, 0.29) is 0 Å². The summed E-state index contributed by atoms with van der Waals surface area (Å²) in [6, 6.07) is 0. The maximum absolute atomic E-state index is 10.7. The fourth-order valence-electron chi connectivity index (χ4n) is 8.83. The molecular formula is C28H48O. The van der Waals surface area contributed by atoms with Crippen LogP contribution in [0.25, 0.3) is 0 Å². The summed E-state index contributed by atoms with van der Waals surface area (Å²) < 4.78 is 0. The molecule has 1 heteroatoms. The summed E-state index contributed by atoms with van der Waals surface area (Å²) in [7, 11) is 0. The van der Waals surface area contributed by atoms with E-state index >= 15 is 0 Å². The fourth-order valence-corrected chi connectivity index (χ4v) is 8.83. The van der Waals surface area contributed by atoms with E-state index in [2.05, 4.69) is 47.6 Å². The van der Waals surface area contributed by atoms with Crippen molar-refractivity contribution < 1.29 is 5.11 Å². The van der Waals surface area contributed by atoms with Gasteiger partial charge in [0.05, 0.1) is 5.60 Å². The highest BCUT2D eigenvalue weighted by atomic mass is 16.3. The molecule has 3 saturated carbocycles. The number of allylic oxidation sites excluding steroid dienone is 1. The molecule has 29 heavy (non-hydrogen) atoms. The topological polar surface area (TPSA) is 20.2 Å². The van der Waals surface area contributed by atoms with Gasteiger partial charge in [0.1, 0.15) is 0 Å². The van der Waals surface area contributed by atoms with Crippen molar-refractivity contribution in [2.45, 2.75) is 118 Å². The Hall–Kier alpha value is -0.300. The van der Waals surface area contributed by atoms with Crippen LogP contribution in [-0.4, -0.2) is 10.7 Å². The van der Waals surface area contributed by atoms with Crippen LogP contribution in [0, 0.1) is 46.3 Å². The molecule has 4 aliphatic carbocycles. The molecule has 4 aliphatic rings. The van der Waals surface area contributed by atoms with Crippen molar-refractivity contribution in [3.63, 3.8) is 0 Å². The van der Waals surface area contributed by atoms with E-state index in [9.17, 15) is 5.11 Å². The molecule has 3 fully saturated rings. The minimum atomic E-state index is -0.467. The first-order valence-electron chi connectivity index (χ1n) is 13.0. The van der Waals surface area contributed by atoms with Gasteiger partial charge in [0, 0.05) is 0 Å². The van der Waals surface area contributed by atoms with Crippen molar-refractivity contribution in [3.05, 3.63) is 11.6 Å². The monoisotopic (exact) mass is 400 g/mol. The third-order valence-electron chi connectivity index (χ3n) is 10.6. The number of hydrogen-bond acceptors (Lipinski definition) is 1. The zero-order valence-electron chi connectivity index (χ0n) is 20.3. The summed E-state index contributed by atoms with van der Waals surface area (Å²) in [5.74, 6) is 5.41. The van der Waals surface area contributed by atoms with E-state index < -0.39 is 5.60 Å². The molecule has 8 atom stereocenters. The smallest absolute Gasteiger partial charge is 0.0657 e. The average Bonchev–Trinajstić information content (AvgIpc) is 2.99. The van der Waals surface area contributed by atoms with Gasteiger partial charge in [-0.15, -0.1) is 0 Å². The molecule has 1 nitrogen and oxygen atoms in total. The van der Waals surface area contributed by atoms with E-state index in [1.165, 1.54) is 57.8 Å². The lowest BCUT2D eigenvalue weighted by Gasteiger charge is -2.59. The number of aliphatic hydroxyl groups is 1. The number of fused-ring (bicyclic) bond motifs is 5. The van der Waals surface area contributed by atoms with Crippen LogP contribution in [0.2, 0.25) is 0 Å². The summed E-state index contributed by atoms with van der Waals surface area (Å²) >= 11 is 0. The van der Waals surface area contributed by atoms with Crippen molar-refractivity contribution in [1.82, 2.24) is 0 Å². The van der Waals surface area contributed by atoms with Crippen LogP contribution in [0.3, 0.4) is 0 Å². The van der Waals surface area contributed by atoms with Crippen LogP contribution in [-0.2, 0) is 0 Å². The highest BCUT2D eigenvalue weighted by Gasteiger charge is 2.59. The van der Waals surface area contributed by atoms with E-state index in [0.29, 0.717) is 10.8 Å². The van der Waals surface area contributed by atoms with Gasteiger partial charge in [-0.3, -0.25) is 0 Å². The molecule has 166 valence electrons. The Kier molecular flexibility index (Phi) is 5.81. The van der Waals surface area contributed by atoms with E-state index in [1.54, 1.807) is 5.57 Å². The van der Waals surface area contributed by atoms with E-state index in [4.69, 9.17) is 0 Å². The molecule has 1 N–H and O–H groups in total. The molecule has 0 saturated heterocycles. The second kappa shape index (κ2) is 7.68. The van der Waals surface area contributed by atoms with Crippen molar-refractivity contribution in [2.75, 3.05) is 0 Å². The Labute approximate surface area is 181 Å². The van der Waals surface area contributed by atoms with Gasteiger partial charge in [0.2, 0.25) is 0 Å². The van der Waals surface area contributed by atoms with Crippen molar-refractivity contribution in [3.8, 4) is 0 Å². The highest BCUT2D eigenvalue weighted by molar-refractivity contribution is 5.26. The third kappa shape index (κ3) is 3.77. The lowest BCUT2D eigenvalue weighted by atomic mass is 9.46. The van der Waals surface area contributed by atoms with Gasteiger partial charge >= 0.3 is 0 Å². The zero-order chi connectivity index (χ0) is 21.0. The molecule has 4 rings (SSSR count). The minimum absolute atomic E-state index is 0.369. The lowest BCUT2D eigenvalue weighted by Crippen LogP contribution is -2.52.